The number of methoxy groups -OCH3 is 1. The second kappa shape index (κ2) is 10.3. The number of aliphatic imine (C=N–C) groups is 1. The third kappa shape index (κ3) is 5.17. The number of aryl methyl sites for hydroxylation is 2. The Balaban J connectivity index is 1.29. The summed E-state index contributed by atoms with van der Waals surface area (Å²) in [4.78, 5) is 43.4. The second-order valence-electron chi connectivity index (χ2n) is 8.93. The number of fused-ring (bicyclic) bond motifs is 1. The van der Waals surface area contributed by atoms with Crippen LogP contribution in [0.2, 0.25) is 0 Å². The van der Waals surface area contributed by atoms with Crippen molar-refractivity contribution in [2.75, 3.05) is 7.11 Å². The third-order valence-electron chi connectivity index (χ3n) is 6.33. The number of benzene rings is 2. The van der Waals surface area contributed by atoms with Crippen LogP contribution in [0.1, 0.15) is 61.3 Å². The van der Waals surface area contributed by atoms with Crippen LogP contribution in [0.3, 0.4) is 0 Å². The maximum absolute atomic E-state index is 13.5. The lowest BCUT2D eigenvalue weighted by Crippen LogP contribution is -2.29. The summed E-state index contributed by atoms with van der Waals surface area (Å²) in [7, 11) is 1.36. The van der Waals surface area contributed by atoms with E-state index in [2.05, 4.69) is 37.7 Å². The minimum absolute atomic E-state index is 0.00451. The van der Waals surface area contributed by atoms with Crippen molar-refractivity contribution in [3.63, 3.8) is 0 Å². The Morgan fingerprint density at radius 1 is 1.16 bits per heavy atom. The maximum Gasteiger partial charge on any atom is 0.317 e. The first-order valence-electron chi connectivity index (χ1n) is 11.9. The molecule has 2 heterocycles. The van der Waals surface area contributed by atoms with Crippen LogP contribution in [0.25, 0.3) is 0 Å². The number of carbonyl (C=O) groups excluding carboxylic acids is 2. The number of halogens is 1. The van der Waals surface area contributed by atoms with E-state index in [0.29, 0.717) is 23.7 Å². The highest BCUT2D eigenvalue weighted by Crippen LogP contribution is 2.32. The molecule has 0 fully saturated rings. The number of nitrogens with zero attached hydrogens (tertiary/aromatic N) is 3. The highest BCUT2D eigenvalue weighted by atomic mass is 19.1. The smallest absolute Gasteiger partial charge is 0.317 e. The van der Waals surface area contributed by atoms with Crippen LogP contribution in [0.5, 0.6) is 6.01 Å². The number of aromatic nitrogens is 2. The van der Waals surface area contributed by atoms with Gasteiger partial charge in [0.2, 0.25) is 5.88 Å². The van der Waals surface area contributed by atoms with Gasteiger partial charge in [-0.2, -0.15) is 15.0 Å². The Morgan fingerprint density at radius 2 is 1.95 bits per heavy atom. The number of carbonyl (C=O) groups is 2. The van der Waals surface area contributed by atoms with Crippen molar-refractivity contribution in [1.29, 1.82) is 0 Å². The molecule has 2 aromatic carbocycles. The largest absolute Gasteiger partial charge is 0.467 e. The quantitative estimate of drug-likeness (QED) is 0.441. The SMILES string of the molecule is C=C1N=C(c2ccc3c(c2)CC[C@@H]3NC(=O)c2cc(C(=O)NCc3ccc(F)c(C)c3)nc(OC)n2)NO1. The van der Waals surface area contributed by atoms with Gasteiger partial charge in [0.1, 0.15) is 17.2 Å². The molecule has 0 spiro atoms. The van der Waals surface area contributed by atoms with Crippen LogP contribution in [0, 0.1) is 12.7 Å². The number of amides is 2. The highest BCUT2D eigenvalue weighted by Gasteiger charge is 2.27. The molecule has 10 nitrogen and oxygen atoms in total. The summed E-state index contributed by atoms with van der Waals surface area (Å²) in [6, 6.07) is 11.4. The van der Waals surface area contributed by atoms with E-state index >= 15 is 0 Å². The molecular weight excluding hydrogens is 491 g/mol. The van der Waals surface area contributed by atoms with E-state index in [1.165, 1.54) is 19.2 Å². The molecule has 1 aliphatic heterocycles. The van der Waals surface area contributed by atoms with Crippen LogP contribution in [-0.4, -0.2) is 34.7 Å². The average molecular weight is 517 g/mol. The summed E-state index contributed by atoms with van der Waals surface area (Å²) in [5.74, 6) is -0.413. The van der Waals surface area contributed by atoms with E-state index in [0.717, 1.165) is 28.7 Å². The van der Waals surface area contributed by atoms with Gasteiger partial charge >= 0.3 is 6.01 Å². The number of hydrogen-bond donors (Lipinski definition) is 3. The van der Waals surface area contributed by atoms with Gasteiger partial charge in [-0.3, -0.25) is 9.59 Å². The molecule has 0 bridgehead atoms. The summed E-state index contributed by atoms with van der Waals surface area (Å²) in [5.41, 5.74) is 6.87. The predicted octanol–water partition coefficient (Wildman–Crippen LogP) is 3.03. The number of nitrogens with one attached hydrogen (secondary N) is 3. The summed E-state index contributed by atoms with van der Waals surface area (Å²) < 4.78 is 18.6. The lowest BCUT2D eigenvalue weighted by Gasteiger charge is -2.15. The molecule has 1 atom stereocenters. The predicted molar refractivity (Wildman–Crippen MR) is 136 cm³/mol. The molecule has 11 heteroatoms. The third-order valence-corrected chi connectivity index (χ3v) is 6.33. The van der Waals surface area contributed by atoms with Gasteiger partial charge < -0.3 is 20.2 Å². The van der Waals surface area contributed by atoms with Crippen molar-refractivity contribution in [3.05, 3.63) is 99.9 Å². The molecule has 0 unspecified atom stereocenters. The molecule has 5 rings (SSSR count). The standard InChI is InChI=1S/C27H25FN6O4/c1-14-10-16(4-8-20(14)28)13-29-25(35)22-12-23(33-27(32-22)37-3)26(36)31-21-9-6-17-11-18(5-7-19(17)21)24-30-15(2)38-34-24/h4-5,7-8,10-12,21H,2,6,9,13H2,1,3H3,(H,29,35)(H,30,34)(H,31,36)/t21-/m0/s1. The lowest BCUT2D eigenvalue weighted by atomic mass is 10.0. The molecule has 194 valence electrons. The van der Waals surface area contributed by atoms with E-state index < -0.39 is 11.8 Å². The summed E-state index contributed by atoms with van der Waals surface area (Å²) >= 11 is 0. The second-order valence-corrected chi connectivity index (χ2v) is 8.93. The monoisotopic (exact) mass is 516 g/mol. The minimum atomic E-state index is -0.518. The number of hydroxylamine groups is 1. The van der Waals surface area contributed by atoms with Gasteiger partial charge in [-0.25, -0.2) is 9.87 Å². The van der Waals surface area contributed by atoms with Crippen LogP contribution in [0.15, 0.2) is 59.9 Å². The Kier molecular flexibility index (Phi) is 6.73. The van der Waals surface area contributed by atoms with Crippen molar-refractivity contribution >= 4 is 17.6 Å². The molecule has 0 saturated carbocycles. The first kappa shape index (κ1) is 24.9. The lowest BCUT2D eigenvalue weighted by molar-refractivity contribution is 0.0930. The highest BCUT2D eigenvalue weighted by molar-refractivity contribution is 6.00. The number of rotatable bonds is 7. The zero-order chi connectivity index (χ0) is 26.8. The number of hydrogen-bond acceptors (Lipinski definition) is 8. The molecular formula is C27H25FN6O4. The molecule has 3 aromatic rings. The molecule has 2 amide bonds. The van der Waals surface area contributed by atoms with Gasteiger partial charge in [-0.05, 0) is 60.7 Å². The normalized spacial score (nSPS) is 15.7. The zero-order valence-corrected chi connectivity index (χ0v) is 20.8. The van der Waals surface area contributed by atoms with Crippen molar-refractivity contribution in [2.24, 2.45) is 4.99 Å². The van der Waals surface area contributed by atoms with Crippen LogP contribution in [0.4, 0.5) is 4.39 Å². The zero-order valence-electron chi connectivity index (χ0n) is 20.8. The molecule has 2 aliphatic rings. The van der Waals surface area contributed by atoms with Gasteiger partial charge in [-0.1, -0.05) is 24.3 Å². The molecule has 0 radical (unpaired) electrons. The van der Waals surface area contributed by atoms with Crippen LogP contribution < -0.4 is 20.9 Å². The van der Waals surface area contributed by atoms with E-state index in [-0.39, 0.29) is 35.8 Å². The molecule has 0 saturated heterocycles. The molecule has 1 aromatic heterocycles. The van der Waals surface area contributed by atoms with E-state index in [1.807, 2.05) is 18.2 Å². The maximum atomic E-state index is 13.5. The van der Waals surface area contributed by atoms with Crippen LogP contribution >= 0.6 is 0 Å². The summed E-state index contributed by atoms with van der Waals surface area (Å²) in [6.07, 6.45) is 1.48. The van der Waals surface area contributed by atoms with Crippen LogP contribution in [-0.2, 0) is 17.8 Å². The average Bonchev–Trinajstić information content (AvgIpc) is 3.54. The van der Waals surface area contributed by atoms with Gasteiger partial charge in [-0.15, -0.1) is 0 Å². The Hall–Kier alpha value is -4.80. The van der Waals surface area contributed by atoms with Crippen molar-refractivity contribution in [1.82, 2.24) is 26.1 Å². The van der Waals surface area contributed by atoms with Gasteiger partial charge in [0.05, 0.1) is 13.2 Å². The number of ether oxygens (including phenoxy) is 1. The van der Waals surface area contributed by atoms with Gasteiger partial charge in [0, 0.05) is 18.2 Å². The topological polar surface area (TPSA) is 127 Å². The fourth-order valence-corrected chi connectivity index (χ4v) is 4.39. The first-order valence-corrected chi connectivity index (χ1v) is 11.9. The van der Waals surface area contributed by atoms with E-state index in [9.17, 15) is 14.0 Å². The van der Waals surface area contributed by atoms with E-state index in [4.69, 9.17) is 9.57 Å². The van der Waals surface area contributed by atoms with Crippen molar-refractivity contribution < 1.29 is 23.6 Å². The van der Waals surface area contributed by atoms with Gasteiger partial charge in [0.25, 0.3) is 11.8 Å². The fraction of sp³-hybridized carbons (Fsp3) is 0.222. The molecule has 1 aliphatic carbocycles. The Bertz CT molecular complexity index is 1490. The van der Waals surface area contributed by atoms with Crippen molar-refractivity contribution in [2.45, 2.75) is 32.4 Å². The summed E-state index contributed by atoms with van der Waals surface area (Å²) in [5, 5.41) is 5.73. The Morgan fingerprint density at radius 3 is 2.66 bits per heavy atom. The fourth-order valence-electron chi connectivity index (χ4n) is 4.39. The van der Waals surface area contributed by atoms with Gasteiger partial charge in [0.15, 0.2) is 5.84 Å². The van der Waals surface area contributed by atoms with E-state index in [1.54, 1.807) is 19.1 Å². The Labute approximate surface area is 218 Å². The summed E-state index contributed by atoms with van der Waals surface area (Å²) in [6.45, 7) is 5.47. The number of amidine groups is 1. The minimum Gasteiger partial charge on any atom is -0.467 e. The molecule has 3 N–H and O–H groups in total. The molecule has 38 heavy (non-hydrogen) atoms. The first-order chi connectivity index (χ1) is 18.3. The van der Waals surface area contributed by atoms with Crippen molar-refractivity contribution in [3.8, 4) is 6.01 Å².